The average molecular weight is 299 g/mol. The van der Waals surface area contributed by atoms with Crippen LogP contribution in [0.1, 0.15) is 12.0 Å². The van der Waals surface area contributed by atoms with E-state index in [9.17, 15) is 14.7 Å². The number of carboxylic acid groups (broad SMARTS) is 1. The van der Waals surface area contributed by atoms with Crippen molar-refractivity contribution in [3.8, 4) is 0 Å². The number of aliphatic carboxylic acids is 1. The molecule has 7 heteroatoms. The number of carbonyl (C=O) groups is 2. The van der Waals surface area contributed by atoms with Crippen molar-refractivity contribution in [2.45, 2.75) is 25.5 Å². The molecule has 1 aliphatic rings. The van der Waals surface area contributed by atoms with E-state index in [2.05, 4.69) is 5.32 Å². The number of aliphatic hydroxyl groups excluding tert-OH is 1. The summed E-state index contributed by atoms with van der Waals surface area (Å²) in [6, 6.07) is 3.51. The minimum absolute atomic E-state index is 0.00239. The number of hydrogen-bond acceptors (Lipinski definition) is 3. The van der Waals surface area contributed by atoms with E-state index in [1.165, 1.54) is 0 Å². The van der Waals surface area contributed by atoms with Crippen LogP contribution < -0.4 is 5.32 Å². The summed E-state index contributed by atoms with van der Waals surface area (Å²) in [6.45, 7) is 1.76. The third-order valence-electron chi connectivity index (χ3n) is 3.33. The predicted octanol–water partition coefficient (Wildman–Crippen LogP) is 1.70. The molecular weight excluding hydrogens is 284 g/mol. The highest BCUT2D eigenvalue weighted by molar-refractivity contribution is 6.31. The van der Waals surface area contributed by atoms with Crippen molar-refractivity contribution in [1.29, 1.82) is 0 Å². The van der Waals surface area contributed by atoms with Gasteiger partial charge in [0.15, 0.2) is 0 Å². The van der Waals surface area contributed by atoms with Crippen molar-refractivity contribution in [3.05, 3.63) is 28.8 Å². The standard InChI is InChI=1S/C13H15ClN2O4/c1-7-9(14)3-2-4-10(7)15-13(20)16-6-8(17)5-11(16)12(18)19/h2-4,8,11,17H,5-6H2,1H3,(H,15,20)(H,18,19)/t8?,11-/m0/s1. The van der Waals surface area contributed by atoms with Crippen LogP contribution in [0.2, 0.25) is 5.02 Å². The van der Waals surface area contributed by atoms with E-state index in [1.807, 2.05) is 0 Å². The lowest BCUT2D eigenvalue weighted by molar-refractivity contribution is -0.141. The van der Waals surface area contributed by atoms with Crippen molar-refractivity contribution >= 4 is 29.3 Å². The zero-order valence-corrected chi connectivity index (χ0v) is 11.6. The normalized spacial score (nSPS) is 21.9. The molecule has 6 nitrogen and oxygen atoms in total. The molecule has 1 fully saturated rings. The molecule has 2 amide bonds. The van der Waals surface area contributed by atoms with Gasteiger partial charge >= 0.3 is 12.0 Å². The van der Waals surface area contributed by atoms with E-state index in [1.54, 1.807) is 25.1 Å². The van der Waals surface area contributed by atoms with Crippen LogP contribution in [0.25, 0.3) is 0 Å². The Kier molecular flexibility index (Phi) is 4.15. The Morgan fingerprint density at radius 1 is 1.45 bits per heavy atom. The Morgan fingerprint density at radius 3 is 2.80 bits per heavy atom. The van der Waals surface area contributed by atoms with Gasteiger partial charge < -0.3 is 20.4 Å². The number of nitrogens with zero attached hydrogens (tertiary/aromatic N) is 1. The predicted molar refractivity (Wildman–Crippen MR) is 74.0 cm³/mol. The van der Waals surface area contributed by atoms with E-state index in [0.717, 1.165) is 4.90 Å². The van der Waals surface area contributed by atoms with Crippen molar-refractivity contribution in [1.82, 2.24) is 4.90 Å². The van der Waals surface area contributed by atoms with Gasteiger partial charge in [0.05, 0.1) is 6.10 Å². The second-order valence-corrected chi connectivity index (χ2v) is 5.15. The quantitative estimate of drug-likeness (QED) is 0.775. The molecular formula is C13H15ClN2O4. The Balaban J connectivity index is 2.15. The largest absolute Gasteiger partial charge is 0.480 e. The summed E-state index contributed by atoms with van der Waals surface area (Å²) >= 11 is 5.96. The van der Waals surface area contributed by atoms with Crippen LogP contribution in [0.5, 0.6) is 0 Å². The van der Waals surface area contributed by atoms with Gasteiger partial charge in [-0.25, -0.2) is 9.59 Å². The number of likely N-dealkylation sites (tertiary alicyclic amines) is 1. The van der Waals surface area contributed by atoms with Crippen LogP contribution in [0.4, 0.5) is 10.5 Å². The summed E-state index contributed by atoms with van der Waals surface area (Å²) in [5.41, 5.74) is 1.22. The molecule has 2 atom stereocenters. The molecule has 20 heavy (non-hydrogen) atoms. The number of urea groups is 1. The van der Waals surface area contributed by atoms with E-state index in [0.29, 0.717) is 16.3 Å². The maximum absolute atomic E-state index is 12.1. The number of aliphatic hydroxyl groups is 1. The van der Waals surface area contributed by atoms with Crippen LogP contribution in [0.15, 0.2) is 18.2 Å². The topological polar surface area (TPSA) is 89.9 Å². The molecule has 0 spiro atoms. The van der Waals surface area contributed by atoms with Gasteiger partial charge in [0.1, 0.15) is 6.04 Å². The number of anilines is 1. The van der Waals surface area contributed by atoms with Crippen molar-refractivity contribution in [2.75, 3.05) is 11.9 Å². The van der Waals surface area contributed by atoms with Crippen molar-refractivity contribution in [2.24, 2.45) is 0 Å². The number of benzene rings is 1. The number of nitrogens with one attached hydrogen (secondary N) is 1. The molecule has 0 radical (unpaired) electrons. The van der Waals surface area contributed by atoms with Gasteiger partial charge in [0.2, 0.25) is 0 Å². The highest BCUT2D eigenvalue weighted by Gasteiger charge is 2.39. The number of carboxylic acids is 1. The summed E-state index contributed by atoms with van der Waals surface area (Å²) in [7, 11) is 0. The molecule has 0 aromatic heterocycles. The first kappa shape index (κ1) is 14.6. The zero-order valence-electron chi connectivity index (χ0n) is 10.8. The van der Waals surface area contributed by atoms with E-state index in [4.69, 9.17) is 16.7 Å². The fourth-order valence-corrected chi connectivity index (χ4v) is 2.38. The van der Waals surface area contributed by atoms with Crippen molar-refractivity contribution in [3.63, 3.8) is 0 Å². The summed E-state index contributed by atoms with van der Waals surface area (Å²) in [4.78, 5) is 24.3. The third kappa shape index (κ3) is 2.86. The lowest BCUT2D eigenvalue weighted by atomic mass is 10.2. The molecule has 3 N–H and O–H groups in total. The fourth-order valence-electron chi connectivity index (χ4n) is 2.20. The summed E-state index contributed by atoms with van der Waals surface area (Å²) in [6.07, 6.45) is -0.778. The highest BCUT2D eigenvalue weighted by Crippen LogP contribution is 2.25. The van der Waals surface area contributed by atoms with Gasteiger partial charge in [-0.3, -0.25) is 0 Å². The smallest absolute Gasteiger partial charge is 0.326 e. The number of β-amino-alcohol motifs (C(OH)–C–C–N with tert-alkyl or cyclic N) is 1. The Morgan fingerprint density at radius 2 is 2.15 bits per heavy atom. The number of halogens is 1. The van der Waals surface area contributed by atoms with E-state index >= 15 is 0 Å². The summed E-state index contributed by atoms with van der Waals surface area (Å²) in [5, 5.41) is 21.7. The van der Waals surface area contributed by atoms with Gasteiger partial charge in [0, 0.05) is 23.7 Å². The molecule has 108 valence electrons. The summed E-state index contributed by atoms with van der Waals surface area (Å²) < 4.78 is 0. The monoisotopic (exact) mass is 298 g/mol. The van der Waals surface area contributed by atoms with Crippen molar-refractivity contribution < 1.29 is 19.8 Å². The second-order valence-electron chi connectivity index (χ2n) is 4.74. The maximum Gasteiger partial charge on any atom is 0.326 e. The Labute approximate surface area is 121 Å². The number of amides is 2. The first-order valence-corrected chi connectivity index (χ1v) is 6.51. The molecule has 1 saturated heterocycles. The molecule has 2 rings (SSSR count). The number of rotatable bonds is 2. The Hall–Kier alpha value is -1.79. The molecule has 0 bridgehead atoms. The van der Waals surface area contributed by atoms with E-state index in [-0.39, 0.29) is 13.0 Å². The molecule has 1 aromatic carbocycles. The van der Waals surface area contributed by atoms with Gasteiger partial charge in [-0.15, -0.1) is 0 Å². The first-order valence-electron chi connectivity index (χ1n) is 6.13. The minimum Gasteiger partial charge on any atom is -0.480 e. The average Bonchev–Trinajstić information content (AvgIpc) is 2.77. The minimum atomic E-state index is -1.13. The molecule has 0 aliphatic carbocycles. The molecule has 1 aromatic rings. The highest BCUT2D eigenvalue weighted by atomic mass is 35.5. The van der Waals surface area contributed by atoms with Crippen LogP contribution in [-0.4, -0.2) is 45.8 Å². The third-order valence-corrected chi connectivity index (χ3v) is 3.74. The van der Waals surface area contributed by atoms with Crippen LogP contribution in [0.3, 0.4) is 0 Å². The lowest BCUT2D eigenvalue weighted by Gasteiger charge is -2.22. The summed E-state index contributed by atoms with van der Waals surface area (Å²) in [5.74, 6) is -1.13. The van der Waals surface area contributed by atoms with Crippen LogP contribution in [0, 0.1) is 6.92 Å². The molecule has 0 saturated carbocycles. The number of hydrogen-bond donors (Lipinski definition) is 3. The fraction of sp³-hybridized carbons (Fsp3) is 0.385. The maximum atomic E-state index is 12.1. The molecule has 1 unspecified atom stereocenters. The van der Waals surface area contributed by atoms with E-state index < -0.39 is 24.1 Å². The lowest BCUT2D eigenvalue weighted by Crippen LogP contribution is -2.43. The van der Waals surface area contributed by atoms with Gasteiger partial charge in [-0.05, 0) is 24.6 Å². The SMILES string of the molecule is Cc1c(Cl)cccc1NC(=O)N1CC(O)C[C@H]1C(=O)O. The molecule has 1 heterocycles. The second kappa shape index (κ2) is 5.68. The van der Waals surface area contributed by atoms with Gasteiger partial charge in [-0.2, -0.15) is 0 Å². The van der Waals surface area contributed by atoms with Gasteiger partial charge in [0.25, 0.3) is 0 Å². The zero-order chi connectivity index (χ0) is 14.9. The molecule has 1 aliphatic heterocycles. The first-order chi connectivity index (χ1) is 9.40. The van der Waals surface area contributed by atoms with Crippen LogP contribution in [-0.2, 0) is 4.79 Å². The van der Waals surface area contributed by atoms with Gasteiger partial charge in [-0.1, -0.05) is 17.7 Å². The Bertz CT molecular complexity index is 549. The van der Waals surface area contributed by atoms with Crippen LogP contribution >= 0.6 is 11.6 Å². The number of carbonyl (C=O) groups excluding carboxylic acids is 1.